The zero-order chi connectivity index (χ0) is 21.4. The summed E-state index contributed by atoms with van der Waals surface area (Å²) in [6.45, 7) is 1.74. The molecule has 1 N–H and O–H groups in total. The summed E-state index contributed by atoms with van der Waals surface area (Å²) < 4.78 is 5.14. The molecular formula is C21H17N3O6. The first-order chi connectivity index (χ1) is 14.4. The third kappa shape index (κ3) is 3.10. The van der Waals surface area contributed by atoms with Crippen LogP contribution in [-0.4, -0.2) is 45.2 Å². The second kappa shape index (κ2) is 7.43. The van der Waals surface area contributed by atoms with Gasteiger partial charge in [0.2, 0.25) is 0 Å². The van der Waals surface area contributed by atoms with Gasteiger partial charge in [-0.05, 0) is 30.7 Å². The summed E-state index contributed by atoms with van der Waals surface area (Å²) in [5, 5.41) is 11.7. The van der Waals surface area contributed by atoms with Gasteiger partial charge in [0.25, 0.3) is 17.5 Å². The first-order valence-corrected chi connectivity index (χ1v) is 9.30. The van der Waals surface area contributed by atoms with Gasteiger partial charge in [-0.3, -0.25) is 24.6 Å². The number of non-ortho nitro benzene ring substituents is 1. The van der Waals surface area contributed by atoms with Crippen LogP contribution < -0.4 is 0 Å². The standard InChI is InChI=1S/C21H17N3O6/c1-2-30-21(27)18(23-19(25)15-5-3-4-6-16(15)20(23)26)9-12-11-22-17-10-13(24(28)29)7-8-14(12)17/h3-8,10-11,18,22H,2,9H2,1H3. The first kappa shape index (κ1) is 19.3. The molecule has 0 saturated heterocycles. The number of hydrogen-bond acceptors (Lipinski definition) is 6. The van der Waals surface area contributed by atoms with Gasteiger partial charge in [-0.1, -0.05) is 12.1 Å². The van der Waals surface area contributed by atoms with E-state index in [1.807, 2.05) is 0 Å². The molecular weight excluding hydrogens is 390 g/mol. The number of carbonyl (C=O) groups is 3. The molecule has 0 aliphatic carbocycles. The van der Waals surface area contributed by atoms with E-state index in [0.717, 1.165) is 4.90 Å². The van der Waals surface area contributed by atoms with Gasteiger partial charge in [0.15, 0.2) is 0 Å². The zero-order valence-corrected chi connectivity index (χ0v) is 16.0. The summed E-state index contributed by atoms with van der Waals surface area (Å²) in [4.78, 5) is 52.9. The maximum Gasteiger partial charge on any atom is 0.329 e. The van der Waals surface area contributed by atoms with Crippen molar-refractivity contribution in [1.29, 1.82) is 0 Å². The lowest BCUT2D eigenvalue weighted by molar-refractivity contribution is -0.384. The molecule has 0 fully saturated rings. The Morgan fingerprint density at radius 3 is 2.43 bits per heavy atom. The van der Waals surface area contributed by atoms with Crippen LogP contribution in [0.25, 0.3) is 10.9 Å². The molecule has 9 nitrogen and oxygen atoms in total. The van der Waals surface area contributed by atoms with E-state index in [4.69, 9.17) is 4.74 Å². The number of nitro groups is 1. The summed E-state index contributed by atoms with van der Waals surface area (Å²) in [7, 11) is 0. The number of carbonyl (C=O) groups excluding carboxylic acids is 3. The van der Waals surface area contributed by atoms with Gasteiger partial charge >= 0.3 is 5.97 Å². The van der Waals surface area contributed by atoms with Crippen LogP contribution in [0.5, 0.6) is 0 Å². The molecule has 4 rings (SSSR count). The molecule has 0 radical (unpaired) electrons. The highest BCUT2D eigenvalue weighted by molar-refractivity contribution is 6.22. The van der Waals surface area contributed by atoms with Crippen molar-refractivity contribution in [2.24, 2.45) is 0 Å². The zero-order valence-electron chi connectivity index (χ0n) is 16.0. The maximum absolute atomic E-state index is 12.9. The highest BCUT2D eigenvalue weighted by Crippen LogP contribution is 2.29. The van der Waals surface area contributed by atoms with E-state index in [0.29, 0.717) is 16.5 Å². The Labute approximate surface area is 170 Å². The topological polar surface area (TPSA) is 123 Å². The Kier molecular flexibility index (Phi) is 4.78. The van der Waals surface area contributed by atoms with E-state index in [1.54, 1.807) is 43.5 Å². The molecule has 30 heavy (non-hydrogen) atoms. The number of ether oxygens (including phenoxy) is 1. The van der Waals surface area contributed by atoms with Crippen LogP contribution in [0, 0.1) is 10.1 Å². The van der Waals surface area contributed by atoms with Gasteiger partial charge in [0.05, 0.1) is 28.2 Å². The van der Waals surface area contributed by atoms with Crippen LogP contribution in [0.15, 0.2) is 48.7 Å². The molecule has 1 aromatic heterocycles. The van der Waals surface area contributed by atoms with E-state index in [9.17, 15) is 24.5 Å². The summed E-state index contributed by atoms with van der Waals surface area (Å²) in [6.07, 6.45) is 1.63. The molecule has 1 aliphatic heterocycles. The molecule has 152 valence electrons. The molecule has 1 atom stereocenters. The van der Waals surface area contributed by atoms with E-state index in [-0.39, 0.29) is 29.8 Å². The van der Waals surface area contributed by atoms with Gasteiger partial charge < -0.3 is 9.72 Å². The van der Waals surface area contributed by atoms with E-state index in [2.05, 4.69) is 4.98 Å². The molecule has 0 spiro atoms. The number of rotatable bonds is 6. The summed E-state index contributed by atoms with van der Waals surface area (Å²) in [5.74, 6) is -1.79. The number of esters is 1. The van der Waals surface area contributed by atoms with Crippen LogP contribution in [0.3, 0.4) is 0 Å². The fourth-order valence-electron chi connectivity index (χ4n) is 3.67. The van der Waals surface area contributed by atoms with Crippen molar-refractivity contribution in [3.63, 3.8) is 0 Å². The minimum atomic E-state index is -1.16. The minimum Gasteiger partial charge on any atom is -0.464 e. The van der Waals surface area contributed by atoms with Crippen LogP contribution in [0.1, 0.15) is 33.2 Å². The number of nitrogens with zero attached hydrogens (tertiary/aromatic N) is 2. The molecule has 2 amide bonds. The van der Waals surface area contributed by atoms with Crippen molar-refractivity contribution in [3.8, 4) is 0 Å². The Hall–Kier alpha value is -4.01. The maximum atomic E-state index is 12.9. The quantitative estimate of drug-likeness (QED) is 0.290. The molecule has 1 aliphatic rings. The monoisotopic (exact) mass is 407 g/mol. The number of aromatic amines is 1. The fourth-order valence-corrected chi connectivity index (χ4v) is 3.67. The van der Waals surface area contributed by atoms with Crippen molar-refractivity contribution in [1.82, 2.24) is 9.88 Å². The first-order valence-electron chi connectivity index (χ1n) is 9.30. The van der Waals surface area contributed by atoms with E-state index < -0.39 is 28.7 Å². The molecule has 2 heterocycles. The number of amides is 2. The smallest absolute Gasteiger partial charge is 0.329 e. The predicted octanol–water partition coefficient (Wildman–Crippen LogP) is 2.85. The molecule has 0 bridgehead atoms. The van der Waals surface area contributed by atoms with Crippen LogP contribution >= 0.6 is 0 Å². The normalized spacial score (nSPS) is 14.1. The largest absolute Gasteiger partial charge is 0.464 e. The number of fused-ring (bicyclic) bond motifs is 2. The highest BCUT2D eigenvalue weighted by atomic mass is 16.6. The van der Waals surface area contributed by atoms with Gasteiger partial charge in [0, 0.05) is 30.1 Å². The number of imide groups is 1. The Morgan fingerprint density at radius 1 is 1.17 bits per heavy atom. The highest BCUT2D eigenvalue weighted by Gasteiger charge is 2.43. The number of nitro benzene ring substituents is 1. The van der Waals surface area contributed by atoms with Crippen molar-refractivity contribution in [2.75, 3.05) is 6.61 Å². The molecule has 0 saturated carbocycles. The predicted molar refractivity (Wildman–Crippen MR) is 106 cm³/mol. The fraction of sp³-hybridized carbons (Fsp3) is 0.190. The SMILES string of the molecule is CCOC(=O)C(Cc1c[nH]c2cc([N+](=O)[O-])ccc12)N1C(=O)c2ccccc2C1=O. The Balaban J connectivity index is 1.72. The van der Waals surface area contributed by atoms with Crippen LogP contribution in [0.2, 0.25) is 0 Å². The average Bonchev–Trinajstić information content (AvgIpc) is 3.25. The van der Waals surface area contributed by atoms with Crippen LogP contribution in [0.4, 0.5) is 5.69 Å². The average molecular weight is 407 g/mol. The van der Waals surface area contributed by atoms with Crippen molar-refractivity contribution < 1.29 is 24.0 Å². The number of nitrogens with one attached hydrogen (secondary N) is 1. The number of H-pyrrole nitrogens is 1. The summed E-state index contributed by atoms with van der Waals surface area (Å²) in [5.41, 5.74) is 1.56. The number of hydrogen-bond donors (Lipinski definition) is 1. The second-order valence-electron chi connectivity index (χ2n) is 6.80. The van der Waals surface area contributed by atoms with Crippen molar-refractivity contribution >= 4 is 34.4 Å². The summed E-state index contributed by atoms with van der Waals surface area (Å²) in [6, 6.07) is 9.56. The Bertz CT molecular complexity index is 1160. The second-order valence-corrected chi connectivity index (χ2v) is 6.80. The van der Waals surface area contributed by atoms with Crippen LogP contribution in [-0.2, 0) is 16.0 Å². The molecule has 9 heteroatoms. The van der Waals surface area contributed by atoms with Crippen molar-refractivity contribution in [3.05, 3.63) is 75.5 Å². The van der Waals surface area contributed by atoms with Gasteiger partial charge in [-0.25, -0.2) is 4.79 Å². The number of aromatic nitrogens is 1. The van der Waals surface area contributed by atoms with E-state index >= 15 is 0 Å². The molecule has 1 unspecified atom stereocenters. The summed E-state index contributed by atoms with van der Waals surface area (Å²) >= 11 is 0. The number of benzene rings is 2. The molecule has 3 aromatic rings. The Morgan fingerprint density at radius 2 is 1.83 bits per heavy atom. The minimum absolute atomic E-state index is 0.0160. The lowest BCUT2D eigenvalue weighted by Gasteiger charge is -2.24. The lowest BCUT2D eigenvalue weighted by atomic mass is 10.0. The van der Waals surface area contributed by atoms with E-state index in [1.165, 1.54) is 12.1 Å². The third-order valence-corrected chi connectivity index (χ3v) is 5.07. The van der Waals surface area contributed by atoms with Crippen molar-refractivity contribution in [2.45, 2.75) is 19.4 Å². The molecule has 2 aromatic carbocycles. The van der Waals surface area contributed by atoms with Gasteiger partial charge in [-0.2, -0.15) is 0 Å². The lowest BCUT2D eigenvalue weighted by Crippen LogP contribution is -2.47. The van der Waals surface area contributed by atoms with Gasteiger partial charge in [0.1, 0.15) is 6.04 Å². The third-order valence-electron chi connectivity index (χ3n) is 5.07. The van der Waals surface area contributed by atoms with Gasteiger partial charge in [-0.15, -0.1) is 0 Å².